The standard InChI is InChI=1S/C23H26F2N2O3S/c1-15-5-6-20(12-16(15)2)31(29,30)26-10-7-17(8-11-26)23(28)27-9-3-4-18-13-19(24)14-21(25)22(18)27/h5-6,12-14,17H,3-4,7-11H2,1-2H3. The van der Waals surface area contributed by atoms with Crippen molar-refractivity contribution in [3.63, 3.8) is 0 Å². The Bertz CT molecular complexity index is 1130. The molecule has 0 saturated carbocycles. The lowest BCUT2D eigenvalue weighted by atomic mass is 9.93. The number of carbonyl (C=O) groups is 1. The quantitative estimate of drug-likeness (QED) is 0.714. The van der Waals surface area contributed by atoms with Gasteiger partial charge in [0.05, 0.1) is 10.6 Å². The Labute approximate surface area is 181 Å². The second-order valence-electron chi connectivity index (χ2n) is 8.41. The average molecular weight is 449 g/mol. The second kappa shape index (κ2) is 8.31. The molecule has 0 bridgehead atoms. The Hall–Kier alpha value is -2.32. The van der Waals surface area contributed by atoms with Crippen molar-refractivity contribution in [2.75, 3.05) is 24.5 Å². The summed E-state index contributed by atoms with van der Waals surface area (Å²) in [7, 11) is -3.63. The number of benzene rings is 2. The minimum atomic E-state index is -3.63. The third-order valence-electron chi connectivity index (χ3n) is 6.39. The number of sulfonamides is 1. The van der Waals surface area contributed by atoms with E-state index < -0.39 is 21.7 Å². The number of halogens is 2. The van der Waals surface area contributed by atoms with Gasteiger partial charge in [-0.2, -0.15) is 4.31 Å². The molecule has 4 rings (SSSR count). The van der Waals surface area contributed by atoms with Gasteiger partial charge in [0.25, 0.3) is 0 Å². The van der Waals surface area contributed by atoms with E-state index in [1.54, 1.807) is 18.2 Å². The third kappa shape index (κ3) is 4.11. The van der Waals surface area contributed by atoms with Gasteiger partial charge in [0, 0.05) is 31.6 Å². The fourth-order valence-electron chi connectivity index (χ4n) is 4.46. The van der Waals surface area contributed by atoms with Gasteiger partial charge < -0.3 is 4.90 Å². The lowest BCUT2D eigenvalue weighted by Crippen LogP contribution is -2.46. The monoisotopic (exact) mass is 448 g/mol. The van der Waals surface area contributed by atoms with Gasteiger partial charge in [0.15, 0.2) is 0 Å². The van der Waals surface area contributed by atoms with Gasteiger partial charge in [-0.05, 0) is 74.4 Å². The second-order valence-corrected chi connectivity index (χ2v) is 10.4. The first-order valence-corrected chi connectivity index (χ1v) is 12.0. The number of aryl methyl sites for hydroxylation is 3. The van der Waals surface area contributed by atoms with Crippen LogP contribution in [-0.2, 0) is 21.2 Å². The minimum Gasteiger partial charge on any atom is -0.309 e. The van der Waals surface area contributed by atoms with Crippen LogP contribution in [0.25, 0.3) is 0 Å². The molecule has 0 N–H and O–H groups in total. The van der Waals surface area contributed by atoms with Crippen molar-refractivity contribution in [3.05, 3.63) is 58.7 Å². The number of piperidine rings is 1. The number of hydrogen-bond acceptors (Lipinski definition) is 3. The molecular formula is C23H26F2N2O3S. The van der Waals surface area contributed by atoms with Crippen molar-refractivity contribution in [2.24, 2.45) is 5.92 Å². The highest BCUT2D eigenvalue weighted by atomic mass is 32.2. The molecule has 2 aromatic rings. The van der Waals surface area contributed by atoms with Gasteiger partial charge in [0.1, 0.15) is 11.6 Å². The lowest BCUT2D eigenvalue weighted by molar-refractivity contribution is -0.123. The number of hydrogen-bond donors (Lipinski definition) is 0. The van der Waals surface area contributed by atoms with E-state index >= 15 is 0 Å². The number of amides is 1. The fraction of sp³-hybridized carbons (Fsp3) is 0.435. The number of carbonyl (C=O) groups excluding carboxylic acids is 1. The van der Waals surface area contributed by atoms with Crippen LogP contribution in [0.3, 0.4) is 0 Å². The van der Waals surface area contributed by atoms with Crippen molar-refractivity contribution in [1.29, 1.82) is 0 Å². The van der Waals surface area contributed by atoms with Gasteiger partial charge in [0.2, 0.25) is 15.9 Å². The number of nitrogens with zero attached hydrogens (tertiary/aromatic N) is 2. The topological polar surface area (TPSA) is 57.7 Å². The van der Waals surface area contributed by atoms with Crippen LogP contribution >= 0.6 is 0 Å². The summed E-state index contributed by atoms with van der Waals surface area (Å²) >= 11 is 0. The van der Waals surface area contributed by atoms with Crippen molar-refractivity contribution in [3.8, 4) is 0 Å². The van der Waals surface area contributed by atoms with Crippen LogP contribution in [0.5, 0.6) is 0 Å². The van der Waals surface area contributed by atoms with E-state index in [9.17, 15) is 22.0 Å². The summed E-state index contributed by atoms with van der Waals surface area (Å²) in [5.41, 5.74) is 2.61. The lowest BCUT2D eigenvalue weighted by Gasteiger charge is -2.36. The molecule has 1 fully saturated rings. The van der Waals surface area contributed by atoms with Gasteiger partial charge in [-0.25, -0.2) is 17.2 Å². The van der Waals surface area contributed by atoms with Crippen LogP contribution in [0.1, 0.15) is 36.0 Å². The van der Waals surface area contributed by atoms with Crippen molar-refractivity contribution in [1.82, 2.24) is 4.31 Å². The van der Waals surface area contributed by atoms with Gasteiger partial charge in [-0.1, -0.05) is 6.07 Å². The Morgan fingerprint density at radius 3 is 2.39 bits per heavy atom. The molecule has 2 aliphatic heterocycles. The zero-order valence-corrected chi connectivity index (χ0v) is 18.5. The van der Waals surface area contributed by atoms with E-state index in [0.717, 1.165) is 17.2 Å². The highest BCUT2D eigenvalue weighted by Gasteiger charge is 2.36. The van der Waals surface area contributed by atoms with Gasteiger partial charge in [-0.15, -0.1) is 0 Å². The van der Waals surface area contributed by atoms with Crippen LogP contribution < -0.4 is 4.90 Å². The summed E-state index contributed by atoms with van der Waals surface area (Å²) in [5.74, 6) is -1.97. The molecule has 1 amide bonds. The minimum absolute atomic E-state index is 0.169. The normalized spacial score (nSPS) is 18.1. The van der Waals surface area contributed by atoms with E-state index in [1.165, 1.54) is 15.3 Å². The Balaban J connectivity index is 1.48. The molecule has 2 aromatic carbocycles. The first kappa shape index (κ1) is 21.9. The fourth-order valence-corrected chi connectivity index (χ4v) is 6.01. The molecule has 8 heteroatoms. The van der Waals surface area contributed by atoms with E-state index in [-0.39, 0.29) is 35.5 Å². The predicted octanol–water partition coefficient (Wildman–Crippen LogP) is 3.96. The molecule has 0 unspecified atom stereocenters. The van der Waals surface area contributed by atoms with Crippen LogP contribution in [0.4, 0.5) is 14.5 Å². The first-order chi connectivity index (χ1) is 14.7. The average Bonchev–Trinajstić information content (AvgIpc) is 2.74. The van der Waals surface area contributed by atoms with Crippen molar-refractivity contribution in [2.45, 2.75) is 44.4 Å². The van der Waals surface area contributed by atoms with Crippen molar-refractivity contribution >= 4 is 21.6 Å². The Morgan fingerprint density at radius 1 is 1.00 bits per heavy atom. The molecule has 1 saturated heterocycles. The molecule has 2 heterocycles. The Morgan fingerprint density at radius 2 is 1.71 bits per heavy atom. The maximum Gasteiger partial charge on any atom is 0.243 e. The van der Waals surface area contributed by atoms with Gasteiger partial charge >= 0.3 is 0 Å². The van der Waals surface area contributed by atoms with Gasteiger partial charge in [-0.3, -0.25) is 4.79 Å². The molecule has 5 nitrogen and oxygen atoms in total. The van der Waals surface area contributed by atoms with Crippen LogP contribution in [-0.4, -0.2) is 38.3 Å². The van der Waals surface area contributed by atoms with Crippen LogP contribution in [0.15, 0.2) is 35.2 Å². The predicted molar refractivity (Wildman–Crippen MR) is 114 cm³/mol. The molecule has 166 valence electrons. The summed E-state index contributed by atoms with van der Waals surface area (Å²) < 4.78 is 55.5. The smallest absolute Gasteiger partial charge is 0.243 e. The van der Waals surface area contributed by atoms with E-state index in [1.807, 2.05) is 13.8 Å². The summed E-state index contributed by atoms with van der Waals surface area (Å²) in [5, 5.41) is 0. The molecule has 0 spiro atoms. The molecule has 0 radical (unpaired) electrons. The zero-order chi connectivity index (χ0) is 22.3. The maximum absolute atomic E-state index is 14.5. The first-order valence-electron chi connectivity index (χ1n) is 10.5. The molecule has 31 heavy (non-hydrogen) atoms. The largest absolute Gasteiger partial charge is 0.309 e. The molecule has 0 atom stereocenters. The summed E-state index contributed by atoms with van der Waals surface area (Å²) in [6.07, 6.45) is 1.91. The molecule has 0 aromatic heterocycles. The SMILES string of the molecule is Cc1ccc(S(=O)(=O)N2CCC(C(=O)N3CCCc4cc(F)cc(F)c43)CC2)cc1C. The number of rotatable bonds is 3. The van der Waals surface area contributed by atoms with Crippen LogP contribution in [0, 0.1) is 31.4 Å². The van der Waals surface area contributed by atoms with E-state index in [2.05, 4.69) is 0 Å². The van der Waals surface area contributed by atoms with Crippen LogP contribution in [0.2, 0.25) is 0 Å². The Kier molecular flexibility index (Phi) is 5.87. The highest BCUT2D eigenvalue weighted by Crippen LogP contribution is 2.34. The van der Waals surface area contributed by atoms with E-state index in [0.29, 0.717) is 37.8 Å². The maximum atomic E-state index is 14.5. The summed E-state index contributed by atoms with van der Waals surface area (Å²) in [6.45, 7) is 4.66. The zero-order valence-electron chi connectivity index (χ0n) is 17.7. The number of fused-ring (bicyclic) bond motifs is 1. The molecule has 0 aliphatic carbocycles. The number of anilines is 1. The van der Waals surface area contributed by atoms with E-state index in [4.69, 9.17) is 0 Å². The third-order valence-corrected chi connectivity index (χ3v) is 8.28. The summed E-state index contributed by atoms with van der Waals surface area (Å²) in [6, 6.07) is 7.18. The molecule has 2 aliphatic rings. The summed E-state index contributed by atoms with van der Waals surface area (Å²) in [4.78, 5) is 14.8. The van der Waals surface area contributed by atoms with Crippen molar-refractivity contribution < 1.29 is 22.0 Å². The molecular weight excluding hydrogens is 422 g/mol. The highest BCUT2D eigenvalue weighted by molar-refractivity contribution is 7.89.